The van der Waals surface area contributed by atoms with E-state index in [1.807, 2.05) is 24.3 Å². The Kier molecular flexibility index (Phi) is 5.81. The first-order valence-electron chi connectivity index (χ1n) is 5.89. The normalized spacial score (nSPS) is 11.7. The maximum atomic E-state index is 11.5. The summed E-state index contributed by atoms with van der Waals surface area (Å²) in [6.07, 6.45) is 0. The number of hydrogen-bond donors (Lipinski definition) is 3. The Morgan fingerprint density at radius 1 is 1.37 bits per heavy atom. The number of carboxylic acids is 1. The first-order valence-corrected chi connectivity index (χ1v) is 5.89. The van der Waals surface area contributed by atoms with Crippen LogP contribution in [0.4, 0.5) is 0 Å². The molecule has 1 aromatic carbocycles. The summed E-state index contributed by atoms with van der Waals surface area (Å²) in [4.78, 5) is 22.1. The number of carbonyl (C=O) groups excluding carboxylic acids is 1. The number of nitrogens with one attached hydrogen (secondary N) is 2. The molecule has 0 aliphatic rings. The van der Waals surface area contributed by atoms with Gasteiger partial charge in [0.05, 0.1) is 13.7 Å². The lowest BCUT2D eigenvalue weighted by Gasteiger charge is -2.11. The van der Waals surface area contributed by atoms with Crippen molar-refractivity contribution in [3.05, 3.63) is 29.8 Å². The number of benzene rings is 1. The number of methoxy groups -OCH3 is 1. The van der Waals surface area contributed by atoms with Gasteiger partial charge in [0.25, 0.3) is 0 Å². The fraction of sp³-hybridized carbons (Fsp3) is 0.385. The molecule has 0 radical (unpaired) electrons. The highest BCUT2D eigenvalue weighted by Crippen LogP contribution is 2.16. The van der Waals surface area contributed by atoms with Gasteiger partial charge < -0.3 is 15.2 Å². The first kappa shape index (κ1) is 15.0. The fourth-order valence-corrected chi connectivity index (χ4v) is 1.44. The van der Waals surface area contributed by atoms with Gasteiger partial charge in [0.2, 0.25) is 5.91 Å². The predicted molar refractivity (Wildman–Crippen MR) is 69.9 cm³/mol. The Morgan fingerprint density at radius 2 is 2.05 bits per heavy atom. The molecule has 3 N–H and O–H groups in total. The van der Waals surface area contributed by atoms with Crippen molar-refractivity contribution in [2.75, 3.05) is 13.7 Å². The van der Waals surface area contributed by atoms with Crippen LogP contribution in [-0.2, 0) is 16.1 Å². The minimum absolute atomic E-state index is 0.0391. The summed E-state index contributed by atoms with van der Waals surface area (Å²) in [5.74, 6) is -0.550. The second-order valence-corrected chi connectivity index (χ2v) is 4.03. The molecule has 0 saturated carbocycles. The first-order chi connectivity index (χ1) is 9.04. The van der Waals surface area contributed by atoms with E-state index in [0.717, 1.165) is 5.56 Å². The van der Waals surface area contributed by atoms with E-state index in [9.17, 15) is 9.59 Å². The topological polar surface area (TPSA) is 87.7 Å². The van der Waals surface area contributed by atoms with Crippen LogP contribution in [0.2, 0.25) is 0 Å². The molecular formula is C13H18N2O4. The van der Waals surface area contributed by atoms with Crippen LogP contribution in [0.5, 0.6) is 5.75 Å². The summed E-state index contributed by atoms with van der Waals surface area (Å²) < 4.78 is 5.16. The summed E-state index contributed by atoms with van der Waals surface area (Å²) in [5.41, 5.74) is 0.865. The zero-order valence-electron chi connectivity index (χ0n) is 11.0. The Balaban J connectivity index is 2.40. The highest BCUT2D eigenvalue weighted by atomic mass is 16.5. The third-order valence-corrected chi connectivity index (χ3v) is 2.61. The lowest BCUT2D eigenvalue weighted by Crippen LogP contribution is -2.41. The second kappa shape index (κ2) is 7.38. The Bertz CT molecular complexity index is 448. The van der Waals surface area contributed by atoms with Crippen molar-refractivity contribution in [2.24, 2.45) is 0 Å². The summed E-state index contributed by atoms with van der Waals surface area (Å²) in [5, 5.41) is 14.0. The van der Waals surface area contributed by atoms with E-state index in [4.69, 9.17) is 9.84 Å². The Labute approximate surface area is 111 Å². The maximum absolute atomic E-state index is 11.5. The lowest BCUT2D eigenvalue weighted by molar-refractivity contribution is -0.139. The number of hydrogen-bond acceptors (Lipinski definition) is 4. The molecule has 1 rings (SSSR count). The highest BCUT2D eigenvalue weighted by molar-refractivity contribution is 5.79. The number of carbonyl (C=O) groups is 2. The minimum atomic E-state index is -0.988. The van der Waals surface area contributed by atoms with Crippen LogP contribution >= 0.6 is 0 Å². The molecule has 1 atom stereocenters. The minimum Gasteiger partial charge on any atom is -0.496 e. The molecule has 19 heavy (non-hydrogen) atoms. The zero-order valence-corrected chi connectivity index (χ0v) is 11.0. The van der Waals surface area contributed by atoms with Crippen LogP contribution in [0.1, 0.15) is 12.5 Å². The molecule has 1 aromatic rings. The highest BCUT2D eigenvalue weighted by Gasteiger charge is 2.11. The Hall–Kier alpha value is -2.08. The number of para-hydroxylation sites is 1. The van der Waals surface area contributed by atoms with Crippen LogP contribution < -0.4 is 15.4 Å². The molecule has 0 unspecified atom stereocenters. The summed E-state index contributed by atoms with van der Waals surface area (Å²) in [6.45, 7) is 1.78. The molecule has 0 aliphatic heterocycles. The standard InChI is InChI=1S/C13H18N2O4/c1-9(13(17)18)14-8-12(16)15-7-10-5-3-4-6-11(10)19-2/h3-6,9,14H,7-8H2,1-2H3,(H,15,16)(H,17,18)/t9-/m1/s1. The van der Waals surface area contributed by atoms with Gasteiger partial charge >= 0.3 is 5.97 Å². The van der Waals surface area contributed by atoms with Gasteiger partial charge in [0, 0.05) is 12.1 Å². The number of carboxylic acid groups (broad SMARTS) is 1. The molecular weight excluding hydrogens is 248 g/mol. The fourth-order valence-electron chi connectivity index (χ4n) is 1.44. The average molecular weight is 266 g/mol. The van der Waals surface area contributed by atoms with Crippen LogP contribution in [-0.4, -0.2) is 36.7 Å². The SMILES string of the molecule is COc1ccccc1CNC(=O)CN[C@H](C)C(=O)O. The van der Waals surface area contributed by atoms with E-state index in [1.165, 1.54) is 6.92 Å². The van der Waals surface area contributed by atoms with E-state index < -0.39 is 12.0 Å². The van der Waals surface area contributed by atoms with Crippen molar-refractivity contribution < 1.29 is 19.4 Å². The summed E-state index contributed by atoms with van der Waals surface area (Å²) in [7, 11) is 1.57. The predicted octanol–water partition coefficient (Wildman–Crippen LogP) is 0.374. The van der Waals surface area contributed by atoms with Crippen molar-refractivity contribution in [1.29, 1.82) is 0 Å². The van der Waals surface area contributed by atoms with Crippen LogP contribution in [0.25, 0.3) is 0 Å². The van der Waals surface area contributed by atoms with Crippen molar-refractivity contribution in [3.8, 4) is 5.75 Å². The van der Waals surface area contributed by atoms with Crippen LogP contribution in [0, 0.1) is 0 Å². The van der Waals surface area contributed by atoms with E-state index in [1.54, 1.807) is 7.11 Å². The van der Waals surface area contributed by atoms with Gasteiger partial charge in [0.15, 0.2) is 0 Å². The average Bonchev–Trinajstić information content (AvgIpc) is 2.42. The van der Waals surface area contributed by atoms with Crippen LogP contribution in [0.15, 0.2) is 24.3 Å². The van der Waals surface area contributed by atoms with Gasteiger partial charge in [-0.15, -0.1) is 0 Å². The molecule has 0 aromatic heterocycles. The molecule has 0 bridgehead atoms. The molecule has 0 fully saturated rings. The smallest absolute Gasteiger partial charge is 0.320 e. The lowest BCUT2D eigenvalue weighted by atomic mass is 10.2. The Morgan fingerprint density at radius 3 is 2.68 bits per heavy atom. The monoisotopic (exact) mass is 266 g/mol. The summed E-state index contributed by atoms with van der Waals surface area (Å²) >= 11 is 0. The molecule has 1 amide bonds. The van der Waals surface area contributed by atoms with Crippen molar-refractivity contribution in [2.45, 2.75) is 19.5 Å². The molecule has 104 valence electrons. The van der Waals surface area contributed by atoms with Crippen LogP contribution in [0.3, 0.4) is 0 Å². The number of ether oxygens (including phenoxy) is 1. The maximum Gasteiger partial charge on any atom is 0.320 e. The van der Waals surface area contributed by atoms with Crippen molar-refractivity contribution >= 4 is 11.9 Å². The van der Waals surface area contributed by atoms with E-state index in [2.05, 4.69) is 10.6 Å². The van der Waals surface area contributed by atoms with Gasteiger partial charge in [-0.05, 0) is 13.0 Å². The zero-order chi connectivity index (χ0) is 14.3. The quantitative estimate of drug-likeness (QED) is 0.664. The molecule has 0 saturated heterocycles. The van der Waals surface area contributed by atoms with E-state index in [-0.39, 0.29) is 12.5 Å². The molecule has 6 heteroatoms. The number of aliphatic carboxylic acids is 1. The number of rotatable bonds is 7. The summed E-state index contributed by atoms with van der Waals surface area (Å²) in [6, 6.07) is 6.62. The van der Waals surface area contributed by atoms with Gasteiger partial charge in [-0.2, -0.15) is 0 Å². The van der Waals surface area contributed by atoms with Gasteiger partial charge in [-0.3, -0.25) is 14.9 Å². The third kappa shape index (κ3) is 4.97. The van der Waals surface area contributed by atoms with Gasteiger partial charge in [-0.25, -0.2) is 0 Å². The second-order valence-electron chi connectivity index (χ2n) is 4.03. The van der Waals surface area contributed by atoms with E-state index >= 15 is 0 Å². The number of amides is 1. The molecule has 6 nitrogen and oxygen atoms in total. The molecule has 0 spiro atoms. The van der Waals surface area contributed by atoms with E-state index in [0.29, 0.717) is 12.3 Å². The molecule has 0 aliphatic carbocycles. The third-order valence-electron chi connectivity index (χ3n) is 2.61. The molecule has 0 heterocycles. The van der Waals surface area contributed by atoms with Gasteiger partial charge in [0.1, 0.15) is 11.8 Å². The van der Waals surface area contributed by atoms with Crippen molar-refractivity contribution in [3.63, 3.8) is 0 Å². The van der Waals surface area contributed by atoms with Gasteiger partial charge in [-0.1, -0.05) is 18.2 Å². The largest absolute Gasteiger partial charge is 0.496 e. The van der Waals surface area contributed by atoms with Crippen molar-refractivity contribution in [1.82, 2.24) is 10.6 Å².